The fourth-order valence-electron chi connectivity index (χ4n) is 8.11. The van der Waals surface area contributed by atoms with Crippen LogP contribution in [0.15, 0.2) is 192 Å². The molecule has 3 heterocycles. The second-order valence-corrected chi connectivity index (χ2v) is 13.6. The molecule has 0 radical (unpaired) electrons. The van der Waals surface area contributed by atoms with Crippen LogP contribution in [0.3, 0.4) is 0 Å². The van der Waals surface area contributed by atoms with Crippen molar-refractivity contribution in [2.24, 2.45) is 0 Å². The van der Waals surface area contributed by atoms with E-state index in [9.17, 15) is 0 Å². The Labute approximate surface area is 305 Å². The highest BCUT2D eigenvalue weighted by Gasteiger charge is 2.18. The van der Waals surface area contributed by atoms with Crippen LogP contribution in [-0.2, 0) is 0 Å². The molecule has 248 valence electrons. The molecule has 0 aliphatic carbocycles. The molecule has 0 amide bonds. The largest absolute Gasteiger partial charge is 0.456 e. The van der Waals surface area contributed by atoms with Gasteiger partial charge >= 0.3 is 0 Å². The number of benzene rings is 8. The molecule has 11 rings (SSSR count). The van der Waals surface area contributed by atoms with E-state index in [0.717, 1.165) is 66.9 Å². The zero-order valence-corrected chi connectivity index (χ0v) is 28.6. The van der Waals surface area contributed by atoms with Gasteiger partial charge in [-0.15, -0.1) is 0 Å². The predicted molar refractivity (Wildman–Crippen MR) is 219 cm³/mol. The summed E-state index contributed by atoms with van der Waals surface area (Å²) < 4.78 is 11.3. The third-order valence-electron chi connectivity index (χ3n) is 10.5. The lowest BCUT2D eigenvalue weighted by atomic mass is 9.99. The molecule has 0 atom stereocenters. The first-order valence-electron chi connectivity index (χ1n) is 18.0. The Balaban J connectivity index is 1.04. The Morgan fingerprint density at radius 3 is 1.87 bits per heavy atom. The molecule has 53 heavy (non-hydrogen) atoms. The molecule has 0 saturated heterocycles. The minimum Gasteiger partial charge on any atom is -0.456 e. The van der Waals surface area contributed by atoms with Gasteiger partial charge in [-0.25, -0.2) is 4.98 Å². The standard InChI is InChI=1S/C49H31N3O/c1-3-12-32(13-4-1)35-24-28-40-39-16-7-9-19-43(39)51(45(40)30-35)37-27-29-41-47(31-37)53-46-21-11-17-38(48(41)46)33-22-25-36(26-23-33)52-44-20-10-8-18-42(44)50-49(52)34-14-5-2-6-15-34/h1-31H. The summed E-state index contributed by atoms with van der Waals surface area (Å²) >= 11 is 0. The third kappa shape index (κ3) is 4.66. The zero-order valence-electron chi connectivity index (χ0n) is 28.6. The lowest BCUT2D eigenvalue weighted by Crippen LogP contribution is -1.97. The molecule has 0 unspecified atom stereocenters. The second kappa shape index (κ2) is 11.7. The summed E-state index contributed by atoms with van der Waals surface area (Å²) in [5, 5.41) is 4.68. The second-order valence-electron chi connectivity index (χ2n) is 13.6. The van der Waals surface area contributed by atoms with Crippen molar-refractivity contribution < 1.29 is 4.42 Å². The summed E-state index contributed by atoms with van der Waals surface area (Å²) in [5.74, 6) is 0.929. The van der Waals surface area contributed by atoms with Gasteiger partial charge in [0, 0.05) is 44.5 Å². The van der Waals surface area contributed by atoms with E-state index in [0.29, 0.717) is 0 Å². The molecule has 4 heteroatoms. The number of para-hydroxylation sites is 3. The van der Waals surface area contributed by atoms with Gasteiger partial charge < -0.3 is 8.98 Å². The molecule has 0 N–H and O–H groups in total. The first-order valence-corrected chi connectivity index (χ1v) is 18.0. The molecule has 3 aromatic heterocycles. The number of fused-ring (bicyclic) bond motifs is 7. The van der Waals surface area contributed by atoms with E-state index in [1.807, 2.05) is 12.1 Å². The lowest BCUT2D eigenvalue weighted by Gasteiger charge is -2.11. The van der Waals surface area contributed by atoms with Gasteiger partial charge in [0.1, 0.15) is 17.0 Å². The van der Waals surface area contributed by atoms with E-state index in [-0.39, 0.29) is 0 Å². The first kappa shape index (κ1) is 29.5. The van der Waals surface area contributed by atoms with Gasteiger partial charge in [0.05, 0.1) is 22.1 Å². The molecule has 0 aliphatic heterocycles. The molecule has 0 spiro atoms. The van der Waals surface area contributed by atoms with Gasteiger partial charge in [-0.2, -0.15) is 0 Å². The van der Waals surface area contributed by atoms with Crippen molar-refractivity contribution >= 4 is 54.8 Å². The SMILES string of the molecule is c1ccc(-c2ccc3c4ccccc4n(-c4ccc5c(c4)oc4cccc(-c6ccc(-n7c(-c8ccccc8)nc8ccccc87)cc6)c45)c3c2)cc1. The van der Waals surface area contributed by atoms with Crippen molar-refractivity contribution in [1.29, 1.82) is 0 Å². The molecular weight excluding hydrogens is 647 g/mol. The van der Waals surface area contributed by atoms with E-state index in [1.54, 1.807) is 0 Å². The number of hydrogen-bond acceptors (Lipinski definition) is 2. The Hall–Kier alpha value is -7.17. The minimum atomic E-state index is 0.865. The number of hydrogen-bond donors (Lipinski definition) is 0. The fraction of sp³-hybridized carbons (Fsp3) is 0. The van der Waals surface area contributed by atoms with Crippen LogP contribution < -0.4 is 0 Å². The fourth-order valence-corrected chi connectivity index (χ4v) is 8.11. The Bertz CT molecular complexity index is 3150. The lowest BCUT2D eigenvalue weighted by molar-refractivity contribution is 0.668. The van der Waals surface area contributed by atoms with Crippen molar-refractivity contribution in [3.05, 3.63) is 188 Å². The molecule has 0 saturated carbocycles. The molecule has 0 aliphatic rings. The number of rotatable bonds is 5. The average molecular weight is 678 g/mol. The number of aromatic nitrogens is 3. The minimum absolute atomic E-state index is 0.865. The average Bonchev–Trinajstić information content (AvgIpc) is 3.91. The van der Waals surface area contributed by atoms with Crippen LogP contribution in [0.25, 0.3) is 99.8 Å². The monoisotopic (exact) mass is 677 g/mol. The van der Waals surface area contributed by atoms with E-state index >= 15 is 0 Å². The van der Waals surface area contributed by atoms with Gasteiger partial charge in [0.15, 0.2) is 0 Å². The van der Waals surface area contributed by atoms with Crippen molar-refractivity contribution in [2.75, 3.05) is 0 Å². The van der Waals surface area contributed by atoms with Crippen molar-refractivity contribution in [3.63, 3.8) is 0 Å². The van der Waals surface area contributed by atoms with Crippen molar-refractivity contribution in [1.82, 2.24) is 14.1 Å². The van der Waals surface area contributed by atoms with E-state index < -0.39 is 0 Å². The predicted octanol–water partition coefficient (Wildman–Crippen LogP) is 13.0. The molecule has 0 bridgehead atoms. The molecular formula is C49H31N3O. The first-order chi connectivity index (χ1) is 26.3. The Morgan fingerprint density at radius 1 is 0.377 bits per heavy atom. The highest BCUT2D eigenvalue weighted by Crippen LogP contribution is 2.40. The van der Waals surface area contributed by atoms with Crippen LogP contribution in [0.1, 0.15) is 0 Å². The maximum absolute atomic E-state index is 6.64. The summed E-state index contributed by atoms with van der Waals surface area (Å²) in [4.78, 5) is 5.03. The molecule has 11 aromatic rings. The summed E-state index contributed by atoms with van der Waals surface area (Å²) in [5.41, 5.74) is 14.0. The van der Waals surface area contributed by atoms with E-state index in [4.69, 9.17) is 9.40 Å². The van der Waals surface area contributed by atoms with Gasteiger partial charge in [-0.1, -0.05) is 127 Å². The number of imidazole rings is 1. The van der Waals surface area contributed by atoms with Crippen molar-refractivity contribution in [2.45, 2.75) is 0 Å². The smallest absolute Gasteiger partial charge is 0.145 e. The number of furan rings is 1. The highest BCUT2D eigenvalue weighted by atomic mass is 16.3. The highest BCUT2D eigenvalue weighted by molar-refractivity contribution is 6.14. The van der Waals surface area contributed by atoms with Gasteiger partial charge in [-0.05, 0) is 76.9 Å². The summed E-state index contributed by atoms with van der Waals surface area (Å²) in [6, 6.07) is 66.6. The third-order valence-corrected chi connectivity index (χ3v) is 10.5. The molecule has 0 fully saturated rings. The van der Waals surface area contributed by atoms with Crippen LogP contribution >= 0.6 is 0 Å². The Morgan fingerprint density at radius 2 is 1.04 bits per heavy atom. The number of nitrogens with zero attached hydrogens (tertiary/aromatic N) is 3. The van der Waals surface area contributed by atoms with Crippen molar-refractivity contribution in [3.8, 4) is 45.0 Å². The van der Waals surface area contributed by atoms with Crippen LogP contribution in [0, 0.1) is 0 Å². The Kier molecular flexibility index (Phi) is 6.52. The van der Waals surface area contributed by atoms with Crippen LogP contribution in [0.2, 0.25) is 0 Å². The van der Waals surface area contributed by atoms with Crippen LogP contribution in [0.4, 0.5) is 0 Å². The summed E-state index contributed by atoms with van der Waals surface area (Å²) in [6.07, 6.45) is 0. The zero-order chi connectivity index (χ0) is 34.9. The summed E-state index contributed by atoms with van der Waals surface area (Å²) in [7, 11) is 0. The molecule has 8 aromatic carbocycles. The maximum Gasteiger partial charge on any atom is 0.145 e. The normalized spacial score (nSPS) is 11.8. The molecule has 4 nitrogen and oxygen atoms in total. The van der Waals surface area contributed by atoms with Gasteiger partial charge in [-0.3, -0.25) is 4.57 Å². The van der Waals surface area contributed by atoms with E-state index in [1.165, 1.54) is 32.9 Å². The van der Waals surface area contributed by atoms with Crippen LogP contribution in [-0.4, -0.2) is 14.1 Å². The topological polar surface area (TPSA) is 35.9 Å². The maximum atomic E-state index is 6.64. The van der Waals surface area contributed by atoms with Gasteiger partial charge in [0.2, 0.25) is 0 Å². The van der Waals surface area contributed by atoms with Gasteiger partial charge in [0.25, 0.3) is 0 Å². The quantitative estimate of drug-likeness (QED) is 0.182. The van der Waals surface area contributed by atoms with Crippen LogP contribution in [0.5, 0.6) is 0 Å². The van der Waals surface area contributed by atoms with E-state index in [2.05, 4.69) is 185 Å². The summed E-state index contributed by atoms with van der Waals surface area (Å²) in [6.45, 7) is 0.